The number of fused-ring (bicyclic) bond motifs is 2. The number of pyridine rings is 3. The van der Waals surface area contributed by atoms with E-state index in [9.17, 15) is 9.90 Å². The van der Waals surface area contributed by atoms with E-state index in [1.54, 1.807) is 24.5 Å². The summed E-state index contributed by atoms with van der Waals surface area (Å²) in [5.41, 5.74) is 2.19. The van der Waals surface area contributed by atoms with Gasteiger partial charge < -0.3 is 10.4 Å². The monoisotopic (exact) mass is 360 g/mol. The molecule has 0 aromatic carbocycles. The number of aromatic hydroxyl groups is 1. The molecule has 1 fully saturated rings. The van der Waals surface area contributed by atoms with Crippen molar-refractivity contribution in [2.75, 3.05) is 5.32 Å². The minimum Gasteiger partial charge on any atom is -0.506 e. The van der Waals surface area contributed by atoms with Gasteiger partial charge in [-0.05, 0) is 38.0 Å². The number of carbonyl (C=O) groups excluding carboxylic acids is 1. The van der Waals surface area contributed by atoms with Crippen molar-refractivity contribution in [1.82, 2.24) is 24.6 Å². The Morgan fingerprint density at radius 3 is 2.89 bits per heavy atom. The van der Waals surface area contributed by atoms with E-state index in [-0.39, 0.29) is 17.6 Å². The van der Waals surface area contributed by atoms with Crippen molar-refractivity contribution >= 4 is 28.1 Å². The highest BCUT2D eigenvalue weighted by Crippen LogP contribution is 2.32. The molecule has 4 heterocycles. The number of hydrogen-bond donors (Lipinski definition) is 2. The van der Waals surface area contributed by atoms with E-state index >= 15 is 0 Å². The smallest absolute Gasteiger partial charge is 0.228 e. The third-order valence-electron chi connectivity index (χ3n) is 4.73. The molecule has 1 saturated carbocycles. The summed E-state index contributed by atoms with van der Waals surface area (Å²) in [6, 6.07) is 5.09. The Morgan fingerprint density at radius 2 is 2.07 bits per heavy atom. The van der Waals surface area contributed by atoms with Crippen LogP contribution in [0.5, 0.6) is 5.75 Å². The number of aryl methyl sites for hydroxylation is 1. The summed E-state index contributed by atoms with van der Waals surface area (Å²) in [6.07, 6.45) is 6.81. The van der Waals surface area contributed by atoms with Crippen LogP contribution in [-0.4, -0.2) is 35.6 Å². The van der Waals surface area contributed by atoms with Crippen LogP contribution >= 0.6 is 0 Å². The maximum atomic E-state index is 12.1. The molecule has 8 heteroatoms. The lowest BCUT2D eigenvalue weighted by molar-refractivity contribution is -0.117. The quantitative estimate of drug-likeness (QED) is 0.582. The third-order valence-corrected chi connectivity index (χ3v) is 4.73. The van der Waals surface area contributed by atoms with E-state index in [0.717, 1.165) is 34.9 Å². The van der Waals surface area contributed by atoms with Gasteiger partial charge in [0.05, 0.1) is 6.20 Å². The number of carbonyl (C=O) groups is 1. The molecule has 4 aromatic rings. The lowest BCUT2D eigenvalue weighted by atomic mass is 10.1. The molecule has 0 saturated heterocycles. The van der Waals surface area contributed by atoms with Crippen LogP contribution in [0, 0.1) is 12.8 Å². The molecule has 1 amide bonds. The van der Waals surface area contributed by atoms with Crippen molar-refractivity contribution in [3.8, 4) is 17.1 Å². The Kier molecular flexibility index (Phi) is 3.33. The molecule has 0 aliphatic heterocycles. The van der Waals surface area contributed by atoms with Gasteiger partial charge in [0, 0.05) is 40.3 Å². The van der Waals surface area contributed by atoms with Crippen molar-refractivity contribution in [2.24, 2.45) is 5.92 Å². The first-order chi connectivity index (χ1) is 13.1. The number of rotatable bonds is 3. The highest BCUT2D eigenvalue weighted by molar-refractivity contribution is 5.99. The number of hydrogen-bond acceptors (Lipinski definition) is 6. The predicted octanol–water partition coefficient (Wildman–Crippen LogP) is 2.70. The lowest BCUT2D eigenvalue weighted by Gasteiger charge is -2.09. The summed E-state index contributed by atoms with van der Waals surface area (Å²) < 4.78 is 1.52. The molecule has 8 nitrogen and oxygen atoms in total. The normalized spacial score (nSPS) is 14.0. The third kappa shape index (κ3) is 2.75. The van der Waals surface area contributed by atoms with Gasteiger partial charge in [-0.2, -0.15) is 0 Å². The summed E-state index contributed by atoms with van der Waals surface area (Å²) in [4.78, 5) is 25.4. The molecular weight excluding hydrogens is 344 g/mol. The maximum Gasteiger partial charge on any atom is 0.228 e. The van der Waals surface area contributed by atoms with Gasteiger partial charge in [-0.1, -0.05) is 0 Å². The second-order valence-corrected chi connectivity index (χ2v) is 6.76. The average Bonchev–Trinajstić information content (AvgIpc) is 3.42. The Hall–Kier alpha value is -3.55. The zero-order valence-corrected chi connectivity index (χ0v) is 14.5. The molecule has 2 N–H and O–H groups in total. The highest BCUT2D eigenvalue weighted by Gasteiger charge is 2.29. The molecule has 27 heavy (non-hydrogen) atoms. The Balaban J connectivity index is 1.65. The average molecular weight is 360 g/mol. The number of amides is 1. The van der Waals surface area contributed by atoms with E-state index in [2.05, 4.69) is 25.4 Å². The SMILES string of the molecule is Cc1ncc(-c2nc3ccc(O)cn3n2)c2cc(NC(=O)C3CC3)ncc12. The Bertz CT molecular complexity index is 1210. The Labute approximate surface area is 153 Å². The summed E-state index contributed by atoms with van der Waals surface area (Å²) >= 11 is 0. The molecule has 0 atom stereocenters. The van der Waals surface area contributed by atoms with Gasteiger partial charge in [0.1, 0.15) is 11.6 Å². The number of anilines is 1. The van der Waals surface area contributed by atoms with Gasteiger partial charge in [0.15, 0.2) is 11.5 Å². The van der Waals surface area contributed by atoms with Crippen molar-refractivity contribution in [1.29, 1.82) is 0 Å². The van der Waals surface area contributed by atoms with Crippen LogP contribution < -0.4 is 5.32 Å². The topological polar surface area (TPSA) is 105 Å². The Morgan fingerprint density at radius 1 is 1.22 bits per heavy atom. The van der Waals surface area contributed by atoms with Gasteiger partial charge in [-0.25, -0.2) is 14.5 Å². The van der Waals surface area contributed by atoms with Crippen molar-refractivity contribution < 1.29 is 9.90 Å². The first-order valence-electron chi connectivity index (χ1n) is 8.70. The zero-order valence-electron chi connectivity index (χ0n) is 14.5. The molecule has 1 aliphatic rings. The van der Waals surface area contributed by atoms with Crippen molar-refractivity contribution in [2.45, 2.75) is 19.8 Å². The largest absolute Gasteiger partial charge is 0.506 e. The fourth-order valence-electron chi connectivity index (χ4n) is 3.07. The number of nitrogens with zero attached hydrogens (tertiary/aromatic N) is 5. The first kappa shape index (κ1) is 15.7. The van der Waals surface area contributed by atoms with Crippen LogP contribution in [0.3, 0.4) is 0 Å². The lowest BCUT2D eigenvalue weighted by Crippen LogP contribution is -2.14. The minimum absolute atomic E-state index is 0.00973. The molecule has 134 valence electrons. The second kappa shape index (κ2) is 5.73. The van der Waals surface area contributed by atoms with Gasteiger partial charge in [0.25, 0.3) is 0 Å². The number of nitrogens with one attached hydrogen (secondary N) is 1. The molecular formula is C19H16N6O2. The molecule has 0 spiro atoms. The standard InChI is InChI=1S/C19H16N6O2/c1-10-14-7-21-16(22-19(27)11-2-3-11)6-13(14)15(8-20-10)18-23-17-5-4-12(26)9-25(17)24-18/h4-9,11,26H,2-3H2,1H3,(H,21,22,27). The van der Waals surface area contributed by atoms with E-state index in [0.29, 0.717) is 17.3 Å². The fourth-order valence-corrected chi connectivity index (χ4v) is 3.07. The summed E-state index contributed by atoms with van der Waals surface area (Å²) in [6.45, 7) is 1.91. The van der Waals surface area contributed by atoms with Gasteiger partial charge in [-0.3, -0.25) is 9.78 Å². The summed E-state index contributed by atoms with van der Waals surface area (Å²) in [7, 11) is 0. The highest BCUT2D eigenvalue weighted by atomic mass is 16.3. The van der Waals surface area contributed by atoms with E-state index in [1.165, 1.54) is 10.7 Å². The van der Waals surface area contributed by atoms with Crippen molar-refractivity contribution in [3.63, 3.8) is 0 Å². The van der Waals surface area contributed by atoms with Gasteiger partial charge in [0.2, 0.25) is 5.91 Å². The van der Waals surface area contributed by atoms with E-state index in [4.69, 9.17) is 0 Å². The second-order valence-electron chi connectivity index (χ2n) is 6.76. The number of aromatic nitrogens is 5. The van der Waals surface area contributed by atoms with Gasteiger partial charge >= 0.3 is 0 Å². The van der Waals surface area contributed by atoms with Crippen LogP contribution in [0.25, 0.3) is 27.8 Å². The summed E-state index contributed by atoms with van der Waals surface area (Å²) in [5, 5.41) is 18.7. The van der Waals surface area contributed by atoms with Crippen LogP contribution in [0.1, 0.15) is 18.5 Å². The molecule has 5 rings (SSSR count). The van der Waals surface area contributed by atoms with Crippen molar-refractivity contribution in [3.05, 3.63) is 42.5 Å². The zero-order chi connectivity index (χ0) is 18.5. The predicted molar refractivity (Wildman–Crippen MR) is 99.3 cm³/mol. The maximum absolute atomic E-state index is 12.1. The molecule has 1 aliphatic carbocycles. The van der Waals surface area contributed by atoms with Crippen LogP contribution in [0.15, 0.2) is 36.8 Å². The minimum atomic E-state index is 0.00973. The molecule has 0 radical (unpaired) electrons. The summed E-state index contributed by atoms with van der Waals surface area (Å²) in [5.74, 6) is 1.22. The van der Waals surface area contributed by atoms with Gasteiger partial charge in [-0.15, -0.1) is 5.10 Å². The molecule has 4 aromatic heterocycles. The first-order valence-corrected chi connectivity index (χ1v) is 8.70. The van der Waals surface area contributed by atoms with Crippen LogP contribution in [-0.2, 0) is 4.79 Å². The molecule has 0 unspecified atom stereocenters. The van der Waals surface area contributed by atoms with E-state index < -0.39 is 0 Å². The van der Waals surface area contributed by atoms with Crippen LogP contribution in [0.2, 0.25) is 0 Å². The fraction of sp³-hybridized carbons (Fsp3) is 0.211. The molecule has 0 bridgehead atoms. The van der Waals surface area contributed by atoms with Crippen LogP contribution in [0.4, 0.5) is 5.82 Å². The van der Waals surface area contributed by atoms with E-state index in [1.807, 2.05) is 13.0 Å².